The van der Waals surface area contributed by atoms with Crippen LogP contribution in [0.2, 0.25) is 0 Å². The van der Waals surface area contributed by atoms with E-state index in [0.29, 0.717) is 6.61 Å². The first kappa shape index (κ1) is 19.2. The Bertz CT molecular complexity index is 94.9. The van der Waals surface area contributed by atoms with E-state index in [4.69, 9.17) is 5.11 Å². The Hall–Kier alpha value is 0.843. The second-order valence-corrected chi connectivity index (χ2v) is 4.61. The summed E-state index contributed by atoms with van der Waals surface area (Å²) in [5, 5.41) is 8.61. The van der Waals surface area contributed by atoms with Crippen LogP contribution < -0.4 is 0 Å². The molecule has 0 amide bonds. The number of aliphatic hydroxyl groups excluding tert-OH is 1. The van der Waals surface area contributed by atoms with Gasteiger partial charge in [-0.2, -0.15) is 0 Å². The van der Waals surface area contributed by atoms with Crippen LogP contribution in [0.3, 0.4) is 0 Å². The van der Waals surface area contributed by atoms with Crippen molar-refractivity contribution in [2.75, 3.05) is 6.61 Å². The number of hydrogen-bond donors (Lipinski definition) is 1. The molecule has 2 heteroatoms. The molecule has 0 spiro atoms. The molecule has 0 bridgehead atoms. The molecule has 0 aromatic carbocycles. The third-order valence-electron chi connectivity index (χ3n) is 3.01. The number of hydrogen-bond acceptors (Lipinski definition) is 1. The normalized spacial score (nSPS) is 10.1. The molecule has 0 saturated carbocycles. The third-order valence-corrected chi connectivity index (χ3v) is 3.01. The Morgan fingerprint density at radius 2 is 0.875 bits per heavy atom. The van der Waals surface area contributed by atoms with Gasteiger partial charge in [-0.25, -0.2) is 0 Å². The molecule has 0 aliphatic carbocycles. The van der Waals surface area contributed by atoms with Gasteiger partial charge < -0.3 is 5.11 Å². The smallest absolute Gasteiger partial charge is 0.0431 e. The second-order valence-electron chi connectivity index (χ2n) is 4.61. The summed E-state index contributed by atoms with van der Waals surface area (Å²) in [5.74, 6) is 0. The van der Waals surface area contributed by atoms with E-state index in [9.17, 15) is 0 Å². The summed E-state index contributed by atoms with van der Waals surface area (Å²) in [4.78, 5) is 0. The van der Waals surface area contributed by atoms with Crippen molar-refractivity contribution < 1.29 is 31.3 Å². The maximum atomic E-state index is 8.61. The zero-order valence-electron chi connectivity index (χ0n) is 11.1. The van der Waals surface area contributed by atoms with E-state index in [0.717, 1.165) is 6.42 Å². The van der Waals surface area contributed by atoms with Gasteiger partial charge in [-0.05, 0) is 6.42 Å². The summed E-state index contributed by atoms with van der Waals surface area (Å²) in [6.07, 6.45) is 16.2. The average molecular weight is 306 g/mol. The van der Waals surface area contributed by atoms with Gasteiger partial charge in [0.05, 0.1) is 0 Å². The standard InChI is InChI=1S/C14H30O.Zr/c1-2-3-4-5-6-7-8-9-10-11-12-13-14-15;/h15H,2-14H2,1H3;. The van der Waals surface area contributed by atoms with Crippen molar-refractivity contribution >= 4 is 0 Å². The van der Waals surface area contributed by atoms with E-state index >= 15 is 0 Å². The van der Waals surface area contributed by atoms with Crippen LogP contribution in [0.1, 0.15) is 84.0 Å². The fourth-order valence-corrected chi connectivity index (χ4v) is 1.95. The van der Waals surface area contributed by atoms with Crippen LogP contribution in [0.25, 0.3) is 0 Å². The van der Waals surface area contributed by atoms with Gasteiger partial charge in [0.1, 0.15) is 0 Å². The third kappa shape index (κ3) is 17.2. The van der Waals surface area contributed by atoms with E-state index in [1.54, 1.807) is 0 Å². The molecule has 0 aromatic heterocycles. The fraction of sp³-hybridized carbons (Fsp3) is 1.00. The zero-order valence-corrected chi connectivity index (χ0v) is 13.6. The fourth-order valence-electron chi connectivity index (χ4n) is 1.95. The molecule has 0 heterocycles. The van der Waals surface area contributed by atoms with E-state index in [1.165, 1.54) is 70.6 Å². The van der Waals surface area contributed by atoms with Crippen molar-refractivity contribution in [1.82, 2.24) is 0 Å². The van der Waals surface area contributed by atoms with Gasteiger partial charge in [0, 0.05) is 32.8 Å². The number of aliphatic hydroxyl groups is 1. The van der Waals surface area contributed by atoms with Gasteiger partial charge >= 0.3 is 0 Å². The minimum absolute atomic E-state index is 0. The summed E-state index contributed by atoms with van der Waals surface area (Å²) in [6, 6.07) is 0. The van der Waals surface area contributed by atoms with Gasteiger partial charge in [-0.15, -0.1) is 0 Å². The van der Waals surface area contributed by atoms with Crippen LogP contribution in [0, 0.1) is 0 Å². The molecule has 0 aromatic rings. The van der Waals surface area contributed by atoms with E-state index in [2.05, 4.69) is 6.92 Å². The molecule has 0 rings (SSSR count). The molecule has 0 atom stereocenters. The van der Waals surface area contributed by atoms with Gasteiger partial charge in [0.25, 0.3) is 0 Å². The molecule has 0 fully saturated rings. The number of unbranched alkanes of at least 4 members (excludes halogenated alkanes) is 11. The second kappa shape index (κ2) is 18.2. The van der Waals surface area contributed by atoms with Crippen molar-refractivity contribution in [2.45, 2.75) is 84.0 Å². The topological polar surface area (TPSA) is 20.2 Å². The van der Waals surface area contributed by atoms with Crippen molar-refractivity contribution in [1.29, 1.82) is 0 Å². The molecule has 1 N–H and O–H groups in total. The largest absolute Gasteiger partial charge is 0.396 e. The van der Waals surface area contributed by atoms with Gasteiger partial charge in [0.2, 0.25) is 0 Å². The van der Waals surface area contributed by atoms with E-state index < -0.39 is 0 Å². The van der Waals surface area contributed by atoms with Crippen LogP contribution >= 0.6 is 0 Å². The molecule has 16 heavy (non-hydrogen) atoms. The van der Waals surface area contributed by atoms with Gasteiger partial charge in [-0.1, -0.05) is 77.6 Å². The molecule has 0 aliphatic heterocycles. The summed E-state index contributed by atoms with van der Waals surface area (Å²) >= 11 is 0. The minimum atomic E-state index is 0. The molecule has 0 radical (unpaired) electrons. The summed E-state index contributed by atoms with van der Waals surface area (Å²) < 4.78 is 0. The first-order chi connectivity index (χ1) is 7.41. The predicted molar refractivity (Wildman–Crippen MR) is 68.2 cm³/mol. The number of rotatable bonds is 12. The van der Waals surface area contributed by atoms with E-state index in [1.807, 2.05) is 0 Å². The summed E-state index contributed by atoms with van der Waals surface area (Å²) in [5.41, 5.74) is 0. The van der Waals surface area contributed by atoms with Crippen molar-refractivity contribution in [3.8, 4) is 0 Å². The summed E-state index contributed by atoms with van der Waals surface area (Å²) in [6.45, 7) is 2.64. The molecular weight excluding hydrogens is 275 g/mol. The zero-order chi connectivity index (χ0) is 11.2. The van der Waals surface area contributed by atoms with Gasteiger partial charge in [-0.3, -0.25) is 0 Å². The molecule has 0 aliphatic rings. The SMILES string of the molecule is CCCCCCCCCCCCCCO.[Zr]. The predicted octanol–water partition coefficient (Wildman–Crippen LogP) is 4.68. The molecule has 0 saturated heterocycles. The Labute approximate surface area is 122 Å². The van der Waals surface area contributed by atoms with Crippen LogP contribution in [0.15, 0.2) is 0 Å². The average Bonchev–Trinajstić information content (AvgIpc) is 2.26. The quantitative estimate of drug-likeness (QED) is 0.519. The Balaban J connectivity index is 0. The van der Waals surface area contributed by atoms with Gasteiger partial charge in [0.15, 0.2) is 0 Å². The van der Waals surface area contributed by atoms with Crippen LogP contribution in [0.5, 0.6) is 0 Å². The summed E-state index contributed by atoms with van der Waals surface area (Å²) in [7, 11) is 0. The monoisotopic (exact) mass is 304 g/mol. The first-order valence-electron chi connectivity index (χ1n) is 7.02. The van der Waals surface area contributed by atoms with Crippen LogP contribution in [0.4, 0.5) is 0 Å². The minimum Gasteiger partial charge on any atom is -0.396 e. The Kier molecular flexibility index (Phi) is 21.8. The molecule has 1 nitrogen and oxygen atoms in total. The van der Waals surface area contributed by atoms with Crippen LogP contribution in [-0.4, -0.2) is 11.7 Å². The van der Waals surface area contributed by atoms with Crippen LogP contribution in [-0.2, 0) is 26.2 Å². The molecule has 96 valence electrons. The first-order valence-corrected chi connectivity index (χ1v) is 7.02. The molecule has 0 unspecified atom stereocenters. The maximum Gasteiger partial charge on any atom is 0.0431 e. The van der Waals surface area contributed by atoms with Crippen molar-refractivity contribution in [3.05, 3.63) is 0 Å². The maximum absolute atomic E-state index is 8.61. The Morgan fingerprint density at radius 3 is 1.19 bits per heavy atom. The Morgan fingerprint density at radius 1 is 0.562 bits per heavy atom. The van der Waals surface area contributed by atoms with Crippen molar-refractivity contribution in [2.24, 2.45) is 0 Å². The van der Waals surface area contributed by atoms with Crippen molar-refractivity contribution in [3.63, 3.8) is 0 Å². The molecular formula is C14H30OZr. The van der Waals surface area contributed by atoms with E-state index in [-0.39, 0.29) is 26.2 Å².